The fourth-order valence-electron chi connectivity index (χ4n) is 1.97. The summed E-state index contributed by atoms with van der Waals surface area (Å²) in [5.74, 6) is -1.59. The first-order valence-electron chi connectivity index (χ1n) is 7.32. The summed E-state index contributed by atoms with van der Waals surface area (Å²) in [4.78, 5) is 35.7. The van der Waals surface area contributed by atoms with Gasteiger partial charge in [-0.3, -0.25) is 14.4 Å². The molecular formula is C16H22N2O5. The zero-order valence-corrected chi connectivity index (χ0v) is 13.2. The Hall–Kier alpha value is -2.41. The number of aliphatic carboxylic acids is 1. The summed E-state index contributed by atoms with van der Waals surface area (Å²) in [7, 11) is 1.48. The molecule has 0 aliphatic rings. The van der Waals surface area contributed by atoms with E-state index in [2.05, 4.69) is 5.32 Å². The van der Waals surface area contributed by atoms with Crippen LogP contribution in [0.25, 0.3) is 0 Å². The molecule has 0 saturated heterocycles. The second-order valence-electron chi connectivity index (χ2n) is 4.96. The molecule has 1 rings (SSSR count). The van der Waals surface area contributed by atoms with Gasteiger partial charge in [0.1, 0.15) is 6.54 Å². The van der Waals surface area contributed by atoms with Crippen molar-refractivity contribution in [1.29, 1.82) is 0 Å². The standard InChI is InChI=1S/C16H22N2O5/c1-23-10-9-18(12-16(21)22)15(20)7-8-17-14(19)11-13-5-3-2-4-6-13/h2-6H,7-12H2,1H3,(H,17,19)(H,21,22). The maximum Gasteiger partial charge on any atom is 0.323 e. The molecule has 0 spiro atoms. The summed E-state index contributed by atoms with van der Waals surface area (Å²) in [6.07, 6.45) is 0.301. The molecule has 0 heterocycles. The molecule has 2 amide bonds. The average molecular weight is 322 g/mol. The molecule has 2 N–H and O–H groups in total. The second-order valence-corrected chi connectivity index (χ2v) is 4.96. The molecule has 0 radical (unpaired) electrons. The van der Waals surface area contributed by atoms with Gasteiger partial charge in [-0.05, 0) is 5.56 Å². The highest BCUT2D eigenvalue weighted by Crippen LogP contribution is 1.99. The maximum absolute atomic E-state index is 12.0. The summed E-state index contributed by atoms with van der Waals surface area (Å²) in [6, 6.07) is 9.28. The van der Waals surface area contributed by atoms with Crippen LogP contribution in [0.5, 0.6) is 0 Å². The van der Waals surface area contributed by atoms with Crippen molar-refractivity contribution in [3.05, 3.63) is 35.9 Å². The summed E-state index contributed by atoms with van der Waals surface area (Å²) in [5, 5.41) is 11.5. The Balaban J connectivity index is 2.35. The number of hydrogen-bond donors (Lipinski definition) is 2. The lowest BCUT2D eigenvalue weighted by molar-refractivity contribution is -0.144. The fourth-order valence-corrected chi connectivity index (χ4v) is 1.97. The van der Waals surface area contributed by atoms with E-state index in [1.165, 1.54) is 12.0 Å². The second kappa shape index (κ2) is 10.3. The third-order valence-electron chi connectivity index (χ3n) is 3.11. The summed E-state index contributed by atoms with van der Waals surface area (Å²) in [6.45, 7) is 0.271. The zero-order valence-electron chi connectivity index (χ0n) is 13.2. The van der Waals surface area contributed by atoms with Crippen LogP contribution in [-0.4, -0.2) is 61.1 Å². The lowest BCUT2D eigenvalue weighted by atomic mass is 10.1. The van der Waals surface area contributed by atoms with Gasteiger partial charge in [0.25, 0.3) is 0 Å². The highest BCUT2D eigenvalue weighted by atomic mass is 16.5. The number of nitrogens with zero attached hydrogens (tertiary/aromatic N) is 1. The molecule has 0 aliphatic carbocycles. The SMILES string of the molecule is COCCN(CC(=O)O)C(=O)CCNC(=O)Cc1ccccc1. The van der Waals surface area contributed by atoms with E-state index in [-0.39, 0.29) is 50.9 Å². The normalized spacial score (nSPS) is 10.1. The molecule has 0 saturated carbocycles. The molecular weight excluding hydrogens is 300 g/mol. The number of rotatable bonds is 10. The van der Waals surface area contributed by atoms with Gasteiger partial charge in [0, 0.05) is 26.6 Å². The molecule has 0 bridgehead atoms. The Bertz CT molecular complexity index is 518. The topological polar surface area (TPSA) is 95.9 Å². The van der Waals surface area contributed by atoms with E-state index in [1.807, 2.05) is 30.3 Å². The van der Waals surface area contributed by atoms with Gasteiger partial charge in [-0.1, -0.05) is 30.3 Å². The van der Waals surface area contributed by atoms with Crippen LogP contribution in [-0.2, 0) is 25.5 Å². The molecule has 23 heavy (non-hydrogen) atoms. The van der Waals surface area contributed by atoms with Gasteiger partial charge < -0.3 is 20.1 Å². The van der Waals surface area contributed by atoms with Crippen LogP contribution < -0.4 is 5.32 Å². The molecule has 7 nitrogen and oxygen atoms in total. The number of hydrogen-bond acceptors (Lipinski definition) is 4. The number of carbonyl (C=O) groups excluding carboxylic acids is 2. The zero-order chi connectivity index (χ0) is 17.1. The van der Waals surface area contributed by atoms with Crippen molar-refractivity contribution in [2.45, 2.75) is 12.8 Å². The van der Waals surface area contributed by atoms with Gasteiger partial charge in [-0.2, -0.15) is 0 Å². The highest BCUT2D eigenvalue weighted by Gasteiger charge is 2.16. The number of ether oxygens (including phenoxy) is 1. The average Bonchev–Trinajstić information content (AvgIpc) is 2.51. The lowest BCUT2D eigenvalue weighted by Gasteiger charge is -2.20. The number of carbonyl (C=O) groups is 3. The first-order valence-corrected chi connectivity index (χ1v) is 7.32. The van der Waals surface area contributed by atoms with Crippen LogP contribution >= 0.6 is 0 Å². The van der Waals surface area contributed by atoms with E-state index in [4.69, 9.17) is 9.84 Å². The first-order chi connectivity index (χ1) is 11.0. The number of benzene rings is 1. The van der Waals surface area contributed by atoms with E-state index >= 15 is 0 Å². The van der Waals surface area contributed by atoms with Gasteiger partial charge in [0.2, 0.25) is 11.8 Å². The van der Waals surface area contributed by atoms with E-state index < -0.39 is 5.97 Å². The Morgan fingerprint density at radius 2 is 1.91 bits per heavy atom. The maximum atomic E-state index is 12.0. The van der Waals surface area contributed by atoms with Crippen LogP contribution in [0.2, 0.25) is 0 Å². The van der Waals surface area contributed by atoms with Gasteiger partial charge in [-0.25, -0.2) is 0 Å². The van der Waals surface area contributed by atoms with Gasteiger partial charge in [0.05, 0.1) is 13.0 Å². The molecule has 1 aromatic rings. The smallest absolute Gasteiger partial charge is 0.323 e. The Kier molecular flexibility index (Phi) is 8.38. The van der Waals surface area contributed by atoms with Crippen LogP contribution in [0.1, 0.15) is 12.0 Å². The number of amides is 2. The first kappa shape index (κ1) is 18.6. The third kappa shape index (κ3) is 7.96. The molecule has 0 fully saturated rings. The lowest BCUT2D eigenvalue weighted by Crippen LogP contribution is -2.39. The molecule has 126 valence electrons. The minimum Gasteiger partial charge on any atom is -0.480 e. The van der Waals surface area contributed by atoms with Crippen molar-refractivity contribution in [1.82, 2.24) is 10.2 Å². The van der Waals surface area contributed by atoms with Gasteiger partial charge in [0.15, 0.2) is 0 Å². The van der Waals surface area contributed by atoms with Gasteiger partial charge in [-0.15, -0.1) is 0 Å². The summed E-state index contributed by atoms with van der Waals surface area (Å²) < 4.78 is 4.86. The monoisotopic (exact) mass is 322 g/mol. The predicted octanol–water partition coefficient (Wildman–Crippen LogP) is 0.295. The molecule has 1 aromatic carbocycles. The molecule has 0 aromatic heterocycles. The Labute approximate surface area is 135 Å². The largest absolute Gasteiger partial charge is 0.480 e. The van der Waals surface area contributed by atoms with E-state index in [1.54, 1.807) is 0 Å². The van der Waals surface area contributed by atoms with Crippen LogP contribution in [0.4, 0.5) is 0 Å². The van der Waals surface area contributed by atoms with Crippen molar-refractivity contribution in [2.75, 3.05) is 33.4 Å². The van der Waals surface area contributed by atoms with Crippen LogP contribution in [0, 0.1) is 0 Å². The number of carboxylic acids is 1. The minimum absolute atomic E-state index is 0.0531. The van der Waals surface area contributed by atoms with Crippen molar-refractivity contribution in [3.8, 4) is 0 Å². The molecule has 0 aliphatic heterocycles. The van der Waals surface area contributed by atoms with Crippen molar-refractivity contribution >= 4 is 17.8 Å². The Morgan fingerprint density at radius 1 is 1.22 bits per heavy atom. The van der Waals surface area contributed by atoms with Crippen LogP contribution in [0.3, 0.4) is 0 Å². The highest BCUT2D eigenvalue weighted by molar-refractivity contribution is 5.82. The van der Waals surface area contributed by atoms with Gasteiger partial charge >= 0.3 is 5.97 Å². The van der Waals surface area contributed by atoms with E-state index in [9.17, 15) is 14.4 Å². The van der Waals surface area contributed by atoms with Crippen molar-refractivity contribution < 1.29 is 24.2 Å². The minimum atomic E-state index is -1.08. The fraction of sp³-hybridized carbons (Fsp3) is 0.438. The molecule has 0 atom stereocenters. The molecule has 0 unspecified atom stereocenters. The summed E-state index contributed by atoms with van der Waals surface area (Å²) >= 11 is 0. The van der Waals surface area contributed by atoms with Crippen molar-refractivity contribution in [2.24, 2.45) is 0 Å². The summed E-state index contributed by atoms with van der Waals surface area (Å²) in [5.41, 5.74) is 0.893. The molecule has 7 heteroatoms. The number of methoxy groups -OCH3 is 1. The third-order valence-corrected chi connectivity index (χ3v) is 3.11. The quantitative estimate of drug-likeness (QED) is 0.646. The number of nitrogens with one attached hydrogen (secondary N) is 1. The van der Waals surface area contributed by atoms with Crippen molar-refractivity contribution in [3.63, 3.8) is 0 Å². The predicted molar refractivity (Wildman–Crippen MR) is 83.9 cm³/mol. The van der Waals surface area contributed by atoms with E-state index in [0.29, 0.717) is 0 Å². The number of carboxylic acid groups (broad SMARTS) is 1. The van der Waals surface area contributed by atoms with Crippen LogP contribution in [0.15, 0.2) is 30.3 Å². The Morgan fingerprint density at radius 3 is 2.52 bits per heavy atom. The van der Waals surface area contributed by atoms with E-state index in [0.717, 1.165) is 5.56 Å².